The average molecular weight is 492 g/mol. The summed E-state index contributed by atoms with van der Waals surface area (Å²) in [4.78, 5) is 21.9. The van der Waals surface area contributed by atoms with Gasteiger partial charge in [0.05, 0.1) is 35.3 Å². The Morgan fingerprint density at radius 3 is 2.58 bits per heavy atom. The molecule has 0 bridgehead atoms. The maximum atomic E-state index is 15.1. The van der Waals surface area contributed by atoms with E-state index in [-0.39, 0.29) is 17.8 Å². The number of piperazine rings is 1. The third-order valence-electron chi connectivity index (χ3n) is 6.38. The van der Waals surface area contributed by atoms with E-state index in [9.17, 15) is 4.79 Å². The largest absolute Gasteiger partial charge is 0.353 e. The number of likely N-dealkylation sites (N-methyl/N-ethyl adjacent to an activating group) is 1. The molecule has 0 saturated carbocycles. The number of benzene rings is 1. The van der Waals surface area contributed by atoms with E-state index in [2.05, 4.69) is 37.6 Å². The van der Waals surface area contributed by atoms with E-state index >= 15 is 4.39 Å². The predicted octanol–water partition coefficient (Wildman–Crippen LogP) is 2.56. The van der Waals surface area contributed by atoms with Crippen molar-refractivity contribution < 1.29 is 9.18 Å². The van der Waals surface area contributed by atoms with Crippen LogP contribution in [0.3, 0.4) is 0 Å². The van der Waals surface area contributed by atoms with Crippen LogP contribution < -0.4 is 10.2 Å². The Hall–Kier alpha value is -3.86. The standard InChI is InChI=1S/C25H30FN9O/c1-25(2,3)35-15-20(30-31-35)24(36)27-14-18-6-5-17(13-19(18)26)23-21-7-8-28-34(21)16-22(29-23)33-11-9-32(4)10-12-33/h5-8,13,15-16H,9-12,14H2,1-4H3,(H,27,36). The zero-order valence-electron chi connectivity index (χ0n) is 20.9. The van der Waals surface area contributed by atoms with Crippen LogP contribution in [0.15, 0.2) is 42.9 Å². The molecule has 1 aliphatic heterocycles. The summed E-state index contributed by atoms with van der Waals surface area (Å²) in [6, 6.07) is 6.82. The molecule has 0 radical (unpaired) electrons. The number of anilines is 1. The molecule has 36 heavy (non-hydrogen) atoms. The van der Waals surface area contributed by atoms with E-state index in [1.807, 2.05) is 39.1 Å². The first-order chi connectivity index (χ1) is 17.2. The molecule has 1 N–H and O–H groups in total. The molecule has 1 aromatic carbocycles. The van der Waals surface area contributed by atoms with Crippen LogP contribution in [0, 0.1) is 5.82 Å². The van der Waals surface area contributed by atoms with Crippen LogP contribution in [0.2, 0.25) is 0 Å². The molecule has 0 spiro atoms. The Bertz CT molecular complexity index is 1400. The first-order valence-electron chi connectivity index (χ1n) is 12.0. The topological polar surface area (TPSA) is 96.5 Å². The van der Waals surface area contributed by atoms with E-state index in [1.54, 1.807) is 27.7 Å². The van der Waals surface area contributed by atoms with Crippen molar-refractivity contribution >= 4 is 17.2 Å². The van der Waals surface area contributed by atoms with Crippen molar-refractivity contribution in [3.8, 4) is 11.3 Å². The third kappa shape index (κ3) is 4.78. The SMILES string of the molecule is CN1CCN(c2cn3nccc3c(-c3ccc(CNC(=O)c4cn(C(C)(C)C)nn4)c(F)c3)n2)CC1. The number of nitrogens with one attached hydrogen (secondary N) is 1. The molecule has 1 fully saturated rings. The van der Waals surface area contributed by atoms with Crippen molar-refractivity contribution in [2.24, 2.45) is 0 Å². The lowest BCUT2D eigenvalue weighted by Gasteiger charge is -2.33. The molecule has 0 atom stereocenters. The first kappa shape index (κ1) is 23.9. The van der Waals surface area contributed by atoms with Gasteiger partial charge in [-0.1, -0.05) is 17.3 Å². The fourth-order valence-electron chi connectivity index (χ4n) is 4.11. The van der Waals surface area contributed by atoms with Crippen LogP contribution in [0.25, 0.3) is 16.8 Å². The molecule has 11 heteroatoms. The van der Waals surface area contributed by atoms with Gasteiger partial charge in [-0.3, -0.25) is 4.79 Å². The molecule has 4 heterocycles. The number of aromatic nitrogens is 6. The number of amides is 1. The van der Waals surface area contributed by atoms with Crippen molar-refractivity contribution in [1.29, 1.82) is 0 Å². The summed E-state index contributed by atoms with van der Waals surface area (Å²) in [5, 5.41) is 15.1. The van der Waals surface area contributed by atoms with Gasteiger partial charge in [0.2, 0.25) is 0 Å². The second kappa shape index (κ2) is 9.30. The van der Waals surface area contributed by atoms with E-state index in [4.69, 9.17) is 4.98 Å². The monoisotopic (exact) mass is 491 g/mol. The fourth-order valence-corrected chi connectivity index (χ4v) is 4.11. The molecule has 0 aliphatic carbocycles. The van der Waals surface area contributed by atoms with Gasteiger partial charge < -0.3 is 15.1 Å². The average Bonchev–Trinajstić information content (AvgIpc) is 3.53. The molecule has 10 nitrogen and oxygen atoms in total. The summed E-state index contributed by atoms with van der Waals surface area (Å²) >= 11 is 0. The molecule has 3 aromatic heterocycles. The summed E-state index contributed by atoms with van der Waals surface area (Å²) in [5.41, 5.74) is 2.39. The van der Waals surface area contributed by atoms with Crippen molar-refractivity contribution in [3.05, 3.63) is 59.9 Å². The molecular weight excluding hydrogens is 461 g/mol. The van der Waals surface area contributed by atoms with Crippen LogP contribution in [0.5, 0.6) is 0 Å². The lowest BCUT2D eigenvalue weighted by molar-refractivity contribution is 0.0945. The summed E-state index contributed by atoms with van der Waals surface area (Å²) in [5.74, 6) is -0.0125. The van der Waals surface area contributed by atoms with Gasteiger partial charge in [-0.2, -0.15) is 5.10 Å². The highest BCUT2D eigenvalue weighted by atomic mass is 19.1. The van der Waals surface area contributed by atoms with Crippen LogP contribution in [-0.2, 0) is 12.1 Å². The minimum atomic E-state index is -0.421. The number of carbonyl (C=O) groups excluding carboxylic acids is 1. The Balaban J connectivity index is 1.35. The number of hydrogen-bond acceptors (Lipinski definition) is 7. The van der Waals surface area contributed by atoms with Gasteiger partial charge in [0.1, 0.15) is 11.6 Å². The maximum Gasteiger partial charge on any atom is 0.273 e. The van der Waals surface area contributed by atoms with Crippen molar-refractivity contribution in [1.82, 2.24) is 39.8 Å². The number of hydrogen-bond donors (Lipinski definition) is 1. The fraction of sp³-hybridized carbons (Fsp3) is 0.400. The van der Waals surface area contributed by atoms with E-state index < -0.39 is 11.7 Å². The van der Waals surface area contributed by atoms with E-state index in [1.165, 1.54) is 6.07 Å². The second-order valence-corrected chi connectivity index (χ2v) is 10.1. The molecule has 5 rings (SSSR count). The van der Waals surface area contributed by atoms with Gasteiger partial charge in [0, 0.05) is 43.9 Å². The second-order valence-electron chi connectivity index (χ2n) is 10.1. The highest BCUT2D eigenvalue weighted by Gasteiger charge is 2.20. The smallest absolute Gasteiger partial charge is 0.273 e. The lowest BCUT2D eigenvalue weighted by Crippen LogP contribution is -2.44. The molecule has 0 unspecified atom stereocenters. The predicted molar refractivity (Wildman–Crippen MR) is 134 cm³/mol. The first-order valence-corrected chi connectivity index (χ1v) is 12.0. The number of rotatable bonds is 5. The highest BCUT2D eigenvalue weighted by molar-refractivity contribution is 5.91. The summed E-state index contributed by atoms with van der Waals surface area (Å²) in [7, 11) is 2.11. The van der Waals surface area contributed by atoms with Crippen LogP contribution >= 0.6 is 0 Å². The number of nitrogens with zero attached hydrogens (tertiary/aromatic N) is 8. The molecule has 1 amide bonds. The summed E-state index contributed by atoms with van der Waals surface area (Å²) in [6.07, 6.45) is 5.22. The number of fused-ring (bicyclic) bond motifs is 1. The van der Waals surface area contributed by atoms with Crippen LogP contribution in [-0.4, -0.2) is 73.6 Å². The lowest BCUT2D eigenvalue weighted by atomic mass is 10.1. The Labute approximate surface area is 208 Å². The Morgan fingerprint density at radius 1 is 1.11 bits per heavy atom. The van der Waals surface area contributed by atoms with Gasteiger partial charge in [0.25, 0.3) is 5.91 Å². The molecule has 4 aromatic rings. The Morgan fingerprint density at radius 2 is 1.89 bits per heavy atom. The van der Waals surface area contributed by atoms with Gasteiger partial charge in [-0.25, -0.2) is 18.6 Å². The molecular formula is C25H30FN9O. The van der Waals surface area contributed by atoms with E-state index in [0.717, 1.165) is 37.5 Å². The van der Waals surface area contributed by atoms with Gasteiger partial charge in [0.15, 0.2) is 5.69 Å². The molecule has 1 saturated heterocycles. The number of carbonyl (C=O) groups is 1. The normalized spacial score (nSPS) is 15.0. The zero-order chi connectivity index (χ0) is 25.4. The van der Waals surface area contributed by atoms with Gasteiger partial charge in [-0.05, 0) is 40.0 Å². The third-order valence-corrected chi connectivity index (χ3v) is 6.38. The highest BCUT2D eigenvalue weighted by Crippen LogP contribution is 2.27. The maximum absolute atomic E-state index is 15.1. The quantitative estimate of drug-likeness (QED) is 0.458. The number of halogens is 1. The summed E-state index contributed by atoms with van der Waals surface area (Å²) in [6.45, 7) is 9.57. The van der Waals surface area contributed by atoms with Crippen molar-refractivity contribution in [2.45, 2.75) is 32.9 Å². The van der Waals surface area contributed by atoms with Gasteiger partial charge >= 0.3 is 0 Å². The minimum absolute atomic E-state index is 0.0319. The zero-order valence-corrected chi connectivity index (χ0v) is 20.9. The van der Waals surface area contributed by atoms with E-state index in [0.29, 0.717) is 16.8 Å². The van der Waals surface area contributed by atoms with Crippen LogP contribution in [0.4, 0.5) is 10.2 Å². The van der Waals surface area contributed by atoms with Crippen LogP contribution in [0.1, 0.15) is 36.8 Å². The van der Waals surface area contributed by atoms with Gasteiger partial charge in [-0.15, -0.1) is 5.10 Å². The Kier molecular flexibility index (Phi) is 6.17. The van der Waals surface area contributed by atoms with Crippen molar-refractivity contribution in [2.75, 3.05) is 38.1 Å². The molecule has 188 valence electrons. The van der Waals surface area contributed by atoms with Crippen molar-refractivity contribution in [3.63, 3.8) is 0 Å². The summed E-state index contributed by atoms with van der Waals surface area (Å²) < 4.78 is 18.5. The molecule has 1 aliphatic rings. The minimum Gasteiger partial charge on any atom is -0.353 e.